The molecule has 4 aromatic rings. The predicted molar refractivity (Wildman–Crippen MR) is 126 cm³/mol. The van der Waals surface area contributed by atoms with Crippen LogP contribution in [-0.4, -0.2) is 53.2 Å². The van der Waals surface area contributed by atoms with Gasteiger partial charge < -0.3 is 19.9 Å². The second kappa shape index (κ2) is 9.05. The first-order valence-electron chi connectivity index (χ1n) is 10.7. The van der Waals surface area contributed by atoms with Gasteiger partial charge in [0.25, 0.3) is 0 Å². The van der Waals surface area contributed by atoms with E-state index in [1.54, 1.807) is 19.5 Å². The number of anilines is 3. The summed E-state index contributed by atoms with van der Waals surface area (Å²) in [4.78, 5) is 23.0. The molecule has 2 aromatic carbocycles. The van der Waals surface area contributed by atoms with E-state index in [-0.39, 0.29) is 0 Å². The highest BCUT2D eigenvalue weighted by molar-refractivity contribution is 5.84. The lowest BCUT2D eigenvalue weighted by Gasteiger charge is -2.36. The fourth-order valence-electron chi connectivity index (χ4n) is 3.89. The van der Waals surface area contributed by atoms with Crippen molar-refractivity contribution in [3.63, 3.8) is 0 Å². The molecule has 8 heteroatoms. The SMILES string of the molecule is COc1ccc(CNc2nc(N3CCN(c4ccccc4)CC3)c3nccnc3n2)cc1. The lowest BCUT2D eigenvalue weighted by atomic mass is 10.2. The van der Waals surface area contributed by atoms with Crippen LogP contribution in [0.5, 0.6) is 5.75 Å². The van der Waals surface area contributed by atoms with Gasteiger partial charge in [0, 0.05) is 50.8 Å². The lowest BCUT2D eigenvalue weighted by molar-refractivity contribution is 0.414. The van der Waals surface area contributed by atoms with E-state index in [1.807, 2.05) is 30.3 Å². The van der Waals surface area contributed by atoms with E-state index in [9.17, 15) is 0 Å². The highest BCUT2D eigenvalue weighted by Crippen LogP contribution is 2.25. The lowest BCUT2D eigenvalue weighted by Crippen LogP contribution is -2.47. The van der Waals surface area contributed by atoms with Crippen LogP contribution in [0.4, 0.5) is 17.5 Å². The summed E-state index contributed by atoms with van der Waals surface area (Å²) in [6.45, 7) is 4.16. The monoisotopic (exact) mass is 427 g/mol. The summed E-state index contributed by atoms with van der Waals surface area (Å²) >= 11 is 0. The molecule has 0 amide bonds. The second-order valence-corrected chi connectivity index (χ2v) is 7.61. The van der Waals surface area contributed by atoms with E-state index in [4.69, 9.17) is 9.72 Å². The van der Waals surface area contributed by atoms with E-state index in [0.29, 0.717) is 18.1 Å². The molecule has 0 atom stereocenters. The Hall–Kier alpha value is -3.94. The zero-order chi connectivity index (χ0) is 21.8. The Morgan fingerprint density at radius 2 is 1.56 bits per heavy atom. The maximum atomic E-state index is 5.23. The number of para-hydroxylation sites is 1. The van der Waals surface area contributed by atoms with Crippen molar-refractivity contribution in [3.8, 4) is 5.75 Å². The van der Waals surface area contributed by atoms with Gasteiger partial charge in [-0.15, -0.1) is 0 Å². The first-order valence-corrected chi connectivity index (χ1v) is 10.7. The number of ether oxygens (including phenoxy) is 1. The van der Waals surface area contributed by atoms with Gasteiger partial charge in [0.1, 0.15) is 5.75 Å². The molecule has 32 heavy (non-hydrogen) atoms. The molecule has 162 valence electrons. The molecule has 1 aliphatic heterocycles. The van der Waals surface area contributed by atoms with E-state index in [0.717, 1.165) is 48.8 Å². The fourth-order valence-corrected chi connectivity index (χ4v) is 3.89. The first kappa shape index (κ1) is 20.0. The Balaban J connectivity index is 1.35. The molecule has 0 bridgehead atoms. The molecule has 1 N–H and O–H groups in total. The van der Waals surface area contributed by atoms with Crippen molar-refractivity contribution in [2.75, 3.05) is 48.4 Å². The highest BCUT2D eigenvalue weighted by Gasteiger charge is 2.22. The molecule has 8 nitrogen and oxygen atoms in total. The Bertz CT molecular complexity index is 1180. The van der Waals surface area contributed by atoms with Crippen LogP contribution < -0.4 is 19.9 Å². The minimum Gasteiger partial charge on any atom is -0.497 e. The van der Waals surface area contributed by atoms with Crippen LogP contribution in [0, 0.1) is 0 Å². The summed E-state index contributed by atoms with van der Waals surface area (Å²) in [6, 6.07) is 18.5. The average Bonchev–Trinajstić information content (AvgIpc) is 2.88. The van der Waals surface area contributed by atoms with E-state index >= 15 is 0 Å². The molecule has 1 saturated heterocycles. The zero-order valence-corrected chi connectivity index (χ0v) is 18.0. The van der Waals surface area contributed by atoms with Gasteiger partial charge >= 0.3 is 0 Å². The summed E-state index contributed by atoms with van der Waals surface area (Å²) < 4.78 is 5.23. The fraction of sp³-hybridized carbons (Fsp3) is 0.250. The van der Waals surface area contributed by atoms with Crippen molar-refractivity contribution < 1.29 is 4.74 Å². The van der Waals surface area contributed by atoms with Crippen molar-refractivity contribution in [3.05, 3.63) is 72.6 Å². The number of rotatable bonds is 6. The number of piperazine rings is 1. The Kier molecular flexibility index (Phi) is 5.65. The predicted octanol–water partition coefficient (Wildman–Crippen LogP) is 3.37. The van der Waals surface area contributed by atoms with Crippen molar-refractivity contribution in [1.29, 1.82) is 0 Å². The number of hydrogen-bond acceptors (Lipinski definition) is 8. The molecule has 0 spiro atoms. The number of fused-ring (bicyclic) bond motifs is 1. The molecule has 5 rings (SSSR count). The van der Waals surface area contributed by atoms with E-state index in [2.05, 4.69) is 54.3 Å². The summed E-state index contributed by atoms with van der Waals surface area (Å²) in [5.41, 5.74) is 3.70. The maximum absolute atomic E-state index is 5.23. The van der Waals surface area contributed by atoms with E-state index < -0.39 is 0 Å². The quantitative estimate of drug-likeness (QED) is 0.502. The number of hydrogen-bond donors (Lipinski definition) is 1. The maximum Gasteiger partial charge on any atom is 0.227 e. The molecule has 2 aromatic heterocycles. The summed E-state index contributed by atoms with van der Waals surface area (Å²) in [6.07, 6.45) is 3.36. The van der Waals surface area contributed by atoms with Gasteiger partial charge in [0.2, 0.25) is 5.95 Å². The summed E-state index contributed by atoms with van der Waals surface area (Å²) in [5.74, 6) is 2.21. The van der Waals surface area contributed by atoms with Crippen molar-refractivity contribution in [2.45, 2.75) is 6.54 Å². The number of aromatic nitrogens is 4. The van der Waals surface area contributed by atoms with Crippen LogP contribution in [0.3, 0.4) is 0 Å². The minimum atomic E-state index is 0.550. The number of benzene rings is 2. The van der Waals surface area contributed by atoms with Crippen molar-refractivity contribution in [2.24, 2.45) is 0 Å². The molecule has 0 aliphatic carbocycles. The van der Waals surface area contributed by atoms with Gasteiger partial charge in [-0.2, -0.15) is 9.97 Å². The largest absolute Gasteiger partial charge is 0.497 e. The first-order chi connectivity index (χ1) is 15.8. The number of methoxy groups -OCH3 is 1. The molecule has 1 aliphatic rings. The van der Waals surface area contributed by atoms with Crippen LogP contribution in [0.2, 0.25) is 0 Å². The van der Waals surface area contributed by atoms with Gasteiger partial charge in [-0.05, 0) is 29.8 Å². The molecule has 0 unspecified atom stereocenters. The Morgan fingerprint density at radius 3 is 2.31 bits per heavy atom. The van der Waals surface area contributed by atoms with E-state index in [1.165, 1.54) is 5.69 Å². The highest BCUT2D eigenvalue weighted by atomic mass is 16.5. The molecule has 1 fully saturated rings. The Morgan fingerprint density at radius 1 is 0.844 bits per heavy atom. The minimum absolute atomic E-state index is 0.550. The average molecular weight is 428 g/mol. The topological polar surface area (TPSA) is 79.3 Å². The van der Waals surface area contributed by atoms with Crippen LogP contribution in [-0.2, 0) is 6.54 Å². The van der Waals surface area contributed by atoms with Crippen LogP contribution in [0.15, 0.2) is 67.0 Å². The zero-order valence-electron chi connectivity index (χ0n) is 18.0. The summed E-state index contributed by atoms with van der Waals surface area (Å²) in [5, 5.41) is 3.34. The third-order valence-electron chi connectivity index (χ3n) is 5.62. The molecular weight excluding hydrogens is 402 g/mol. The van der Waals surface area contributed by atoms with Gasteiger partial charge in [0.15, 0.2) is 17.0 Å². The third kappa shape index (κ3) is 4.25. The molecular formula is C24H25N7O. The normalized spacial score (nSPS) is 13.9. The Labute approximate surface area is 186 Å². The van der Waals surface area contributed by atoms with Crippen LogP contribution in [0.25, 0.3) is 11.2 Å². The molecule has 0 radical (unpaired) electrons. The van der Waals surface area contributed by atoms with Gasteiger partial charge in [-0.3, -0.25) is 0 Å². The third-order valence-corrected chi connectivity index (χ3v) is 5.62. The van der Waals surface area contributed by atoms with Crippen LogP contribution in [0.1, 0.15) is 5.56 Å². The standard InChI is InChI=1S/C24H25N7O/c1-32-20-9-7-18(8-10-20)17-27-24-28-22-21(25-11-12-26-22)23(29-24)31-15-13-30(14-16-31)19-5-3-2-4-6-19/h2-12H,13-17H2,1H3,(H,26,27,28,29). The summed E-state index contributed by atoms with van der Waals surface area (Å²) in [7, 11) is 1.67. The number of nitrogens with zero attached hydrogens (tertiary/aromatic N) is 6. The smallest absolute Gasteiger partial charge is 0.227 e. The second-order valence-electron chi connectivity index (χ2n) is 7.61. The van der Waals surface area contributed by atoms with Gasteiger partial charge in [0.05, 0.1) is 7.11 Å². The van der Waals surface area contributed by atoms with Crippen LogP contribution >= 0.6 is 0 Å². The number of nitrogens with one attached hydrogen (secondary N) is 1. The van der Waals surface area contributed by atoms with Crippen molar-refractivity contribution >= 4 is 28.6 Å². The van der Waals surface area contributed by atoms with Crippen molar-refractivity contribution in [1.82, 2.24) is 19.9 Å². The van der Waals surface area contributed by atoms with Gasteiger partial charge in [-0.25, -0.2) is 9.97 Å². The van der Waals surface area contributed by atoms with Gasteiger partial charge in [-0.1, -0.05) is 30.3 Å². The molecule has 0 saturated carbocycles. The molecule has 3 heterocycles.